The first-order chi connectivity index (χ1) is 8.58. The average molecular weight is 250 g/mol. The summed E-state index contributed by atoms with van der Waals surface area (Å²) in [7, 11) is 0. The van der Waals surface area contributed by atoms with Gasteiger partial charge in [-0.2, -0.15) is 0 Å². The molecule has 0 fully saturated rings. The number of nitrogens with one attached hydrogen (secondary N) is 1. The summed E-state index contributed by atoms with van der Waals surface area (Å²) in [6.07, 6.45) is 3.38. The third-order valence-corrected chi connectivity index (χ3v) is 3.20. The Morgan fingerprint density at radius 2 is 2.11 bits per heavy atom. The summed E-state index contributed by atoms with van der Waals surface area (Å²) >= 11 is 0. The highest BCUT2D eigenvalue weighted by Gasteiger charge is 2.11. The van der Waals surface area contributed by atoms with Crippen molar-refractivity contribution in [2.45, 2.75) is 52.6 Å². The Morgan fingerprint density at radius 3 is 2.67 bits per heavy atom. The van der Waals surface area contributed by atoms with Crippen LogP contribution < -0.4 is 5.32 Å². The molecule has 4 nitrogen and oxygen atoms in total. The van der Waals surface area contributed by atoms with Gasteiger partial charge in [-0.25, -0.2) is 0 Å². The minimum Gasteiger partial charge on any atom is -0.310 e. The molecule has 0 saturated heterocycles. The molecule has 1 atom stereocenters. The molecule has 100 valence electrons. The Morgan fingerprint density at radius 1 is 1.39 bits per heavy atom. The third kappa shape index (κ3) is 4.11. The minimum atomic E-state index is -0.317. The monoisotopic (exact) mass is 250 g/mol. The van der Waals surface area contributed by atoms with Crippen LogP contribution in [0.5, 0.6) is 0 Å². The van der Waals surface area contributed by atoms with Crippen LogP contribution in [0.25, 0.3) is 0 Å². The van der Waals surface area contributed by atoms with E-state index in [4.69, 9.17) is 0 Å². The molecule has 0 spiro atoms. The van der Waals surface area contributed by atoms with E-state index in [1.807, 2.05) is 12.1 Å². The zero-order valence-electron chi connectivity index (χ0n) is 11.4. The SMILES string of the molecule is CCCC(CC)NCc1ccc(C)c([N+](=O)[O-])c1. The van der Waals surface area contributed by atoms with Crippen molar-refractivity contribution >= 4 is 5.69 Å². The van der Waals surface area contributed by atoms with E-state index in [1.165, 1.54) is 0 Å². The predicted octanol–water partition coefficient (Wildman–Crippen LogP) is 3.57. The van der Waals surface area contributed by atoms with Gasteiger partial charge in [-0.1, -0.05) is 32.4 Å². The summed E-state index contributed by atoms with van der Waals surface area (Å²) in [5, 5.41) is 14.3. The number of hydrogen-bond acceptors (Lipinski definition) is 3. The maximum Gasteiger partial charge on any atom is 0.272 e. The number of benzene rings is 1. The number of nitrogens with zero attached hydrogens (tertiary/aromatic N) is 1. The molecule has 1 unspecified atom stereocenters. The van der Waals surface area contributed by atoms with Crippen molar-refractivity contribution in [1.29, 1.82) is 0 Å². The Kier molecular flexibility index (Phi) is 5.78. The van der Waals surface area contributed by atoms with Crippen LogP contribution in [0.2, 0.25) is 0 Å². The first kappa shape index (κ1) is 14.6. The van der Waals surface area contributed by atoms with Crippen LogP contribution in [-0.4, -0.2) is 11.0 Å². The van der Waals surface area contributed by atoms with Crippen molar-refractivity contribution < 1.29 is 4.92 Å². The van der Waals surface area contributed by atoms with Gasteiger partial charge in [0.2, 0.25) is 0 Å². The fraction of sp³-hybridized carbons (Fsp3) is 0.571. The second-order valence-electron chi connectivity index (χ2n) is 4.65. The molecule has 0 saturated carbocycles. The highest BCUT2D eigenvalue weighted by Crippen LogP contribution is 2.19. The Bertz CT molecular complexity index is 405. The lowest BCUT2D eigenvalue weighted by Gasteiger charge is -2.16. The van der Waals surface area contributed by atoms with Crippen molar-refractivity contribution in [3.05, 3.63) is 39.4 Å². The molecule has 0 heterocycles. The van der Waals surface area contributed by atoms with Crippen LogP contribution in [-0.2, 0) is 6.54 Å². The van der Waals surface area contributed by atoms with Crippen molar-refractivity contribution in [2.75, 3.05) is 0 Å². The first-order valence-electron chi connectivity index (χ1n) is 6.55. The van der Waals surface area contributed by atoms with E-state index in [9.17, 15) is 10.1 Å². The van der Waals surface area contributed by atoms with E-state index in [0.29, 0.717) is 18.2 Å². The van der Waals surface area contributed by atoms with Gasteiger partial charge in [-0.3, -0.25) is 10.1 Å². The van der Waals surface area contributed by atoms with Gasteiger partial charge in [-0.15, -0.1) is 0 Å². The molecular formula is C14H22N2O2. The Labute approximate surface area is 109 Å². The first-order valence-corrected chi connectivity index (χ1v) is 6.55. The number of hydrogen-bond donors (Lipinski definition) is 1. The van der Waals surface area contributed by atoms with Crippen LogP contribution in [0.3, 0.4) is 0 Å². The van der Waals surface area contributed by atoms with E-state index in [2.05, 4.69) is 19.2 Å². The normalized spacial score (nSPS) is 12.4. The van der Waals surface area contributed by atoms with Crippen LogP contribution in [0, 0.1) is 17.0 Å². The van der Waals surface area contributed by atoms with E-state index < -0.39 is 0 Å². The average Bonchev–Trinajstić information content (AvgIpc) is 2.35. The second kappa shape index (κ2) is 7.11. The standard InChI is InChI=1S/C14H22N2O2/c1-4-6-13(5-2)15-10-12-8-7-11(3)14(9-12)16(17)18/h7-9,13,15H,4-6,10H2,1-3H3. The molecule has 0 bridgehead atoms. The number of rotatable bonds is 7. The molecular weight excluding hydrogens is 228 g/mol. The molecule has 1 N–H and O–H groups in total. The zero-order chi connectivity index (χ0) is 13.5. The van der Waals surface area contributed by atoms with Crippen molar-refractivity contribution in [3.63, 3.8) is 0 Å². The lowest BCUT2D eigenvalue weighted by molar-refractivity contribution is -0.385. The van der Waals surface area contributed by atoms with Gasteiger partial charge in [-0.05, 0) is 25.3 Å². The van der Waals surface area contributed by atoms with Gasteiger partial charge in [0, 0.05) is 24.2 Å². The lowest BCUT2D eigenvalue weighted by Crippen LogP contribution is -2.27. The fourth-order valence-electron chi connectivity index (χ4n) is 2.02. The molecule has 1 aromatic carbocycles. The summed E-state index contributed by atoms with van der Waals surface area (Å²) in [4.78, 5) is 10.5. The second-order valence-corrected chi connectivity index (χ2v) is 4.65. The zero-order valence-corrected chi connectivity index (χ0v) is 11.4. The molecule has 0 aliphatic carbocycles. The smallest absolute Gasteiger partial charge is 0.272 e. The molecule has 0 aliphatic rings. The topological polar surface area (TPSA) is 55.2 Å². The van der Waals surface area contributed by atoms with Gasteiger partial charge in [0.15, 0.2) is 0 Å². The van der Waals surface area contributed by atoms with Gasteiger partial charge >= 0.3 is 0 Å². The van der Waals surface area contributed by atoms with Crippen LogP contribution >= 0.6 is 0 Å². The number of nitro groups is 1. The van der Waals surface area contributed by atoms with Crippen molar-refractivity contribution in [2.24, 2.45) is 0 Å². The van der Waals surface area contributed by atoms with E-state index in [0.717, 1.165) is 24.8 Å². The van der Waals surface area contributed by atoms with Gasteiger partial charge in [0.25, 0.3) is 5.69 Å². The number of nitro benzene ring substituents is 1. The van der Waals surface area contributed by atoms with Gasteiger partial charge in [0.05, 0.1) is 4.92 Å². The molecule has 0 aliphatic heterocycles. The Balaban J connectivity index is 2.67. The molecule has 1 rings (SSSR count). The quantitative estimate of drug-likeness (QED) is 0.594. The van der Waals surface area contributed by atoms with Crippen LogP contribution in [0.1, 0.15) is 44.2 Å². The van der Waals surface area contributed by atoms with Gasteiger partial charge in [0.1, 0.15) is 0 Å². The summed E-state index contributed by atoms with van der Waals surface area (Å²) in [5.74, 6) is 0. The molecule has 0 amide bonds. The van der Waals surface area contributed by atoms with E-state index in [1.54, 1.807) is 13.0 Å². The highest BCUT2D eigenvalue weighted by atomic mass is 16.6. The maximum absolute atomic E-state index is 10.9. The fourth-order valence-corrected chi connectivity index (χ4v) is 2.02. The molecule has 0 radical (unpaired) electrons. The van der Waals surface area contributed by atoms with E-state index in [-0.39, 0.29) is 10.6 Å². The summed E-state index contributed by atoms with van der Waals surface area (Å²) in [5.41, 5.74) is 1.89. The summed E-state index contributed by atoms with van der Waals surface area (Å²) < 4.78 is 0. The molecule has 18 heavy (non-hydrogen) atoms. The summed E-state index contributed by atoms with van der Waals surface area (Å²) in [6, 6.07) is 5.93. The third-order valence-electron chi connectivity index (χ3n) is 3.20. The largest absolute Gasteiger partial charge is 0.310 e. The van der Waals surface area contributed by atoms with Crippen molar-refractivity contribution in [1.82, 2.24) is 5.32 Å². The minimum absolute atomic E-state index is 0.206. The van der Waals surface area contributed by atoms with Crippen LogP contribution in [0.4, 0.5) is 5.69 Å². The van der Waals surface area contributed by atoms with Gasteiger partial charge < -0.3 is 5.32 Å². The number of aryl methyl sites for hydroxylation is 1. The Hall–Kier alpha value is -1.42. The maximum atomic E-state index is 10.9. The highest BCUT2D eigenvalue weighted by molar-refractivity contribution is 5.42. The molecule has 1 aromatic rings. The molecule has 4 heteroatoms. The van der Waals surface area contributed by atoms with Crippen molar-refractivity contribution in [3.8, 4) is 0 Å². The summed E-state index contributed by atoms with van der Waals surface area (Å²) in [6.45, 7) is 6.78. The predicted molar refractivity (Wildman–Crippen MR) is 73.7 cm³/mol. The van der Waals surface area contributed by atoms with E-state index >= 15 is 0 Å². The molecule has 0 aromatic heterocycles. The van der Waals surface area contributed by atoms with Crippen LogP contribution in [0.15, 0.2) is 18.2 Å². The lowest BCUT2D eigenvalue weighted by atomic mass is 10.1.